The van der Waals surface area contributed by atoms with Crippen LogP contribution in [-0.4, -0.2) is 35.9 Å². The van der Waals surface area contributed by atoms with Gasteiger partial charge in [-0.25, -0.2) is 9.37 Å². The molecular weight excluding hydrogens is 273 g/mol. The zero-order chi connectivity index (χ0) is 15.2. The van der Waals surface area contributed by atoms with Crippen LogP contribution in [-0.2, 0) is 4.74 Å². The molecule has 0 spiro atoms. The van der Waals surface area contributed by atoms with E-state index in [1.165, 1.54) is 6.07 Å². The highest BCUT2D eigenvalue weighted by Crippen LogP contribution is 2.22. The maximum Gasteiger partial charge on any atom is 0.207 e. The average molecular weight is 293 g/mol. The molecule has 0 amide bonds. The van der Waals surface area contributed by atoms with E-state index in [1.807, 2.05) is 13.8 Å². The van der Waals surface area contributed by atoms with Crippen LogP contribution in [0, 0.1) is 5.82 Å². The topological polar surface area (TPSA) is 48.3 Å². The largest absolute Gasteiger partial charge is 0.491 e. The van der Waals surface area contributed by atoms with Gasteiger partial charge in [0, 0.05) is 31.6 Å². The summed E-state index contributed by atoms with van der Waals surface area (Å²) >= 11 is 0. The van der Waals surface area contributed by atoms with Crippen LogP contribution < -0.4 is 10.1 Å². The molecule has 1 aromatic carbocycles. The Morgan fingerprint density at radius 1 is 1.43 bits per heavy atom. The second kappa shape index (κ2) is 7.08. The van der Waals surface area contributed by atoms with Crippen LogP contribution in [0.4, 0.5) is 10.3 Å². The van der Waals surface area contributed by atoms with Gasteiger partial charge in [-0.3, -0.25) is 4.57 Å². The smallest absolute Gasteiger partial charge is 0.207 e. The minimum atomic E-state index is -0.390. The van der Waals surface area contributed by atoms with Crippen molar-refractivity contribution in [3.05, 3.63) is 36.4 Å². The predicted octanol–water partition coefficient (Wildman–Crippen LogP) is 2.86. The Morgan fingerprint density at radius 3 is 2.90 bits per heavy atom. The number of nitrogens with one attached hydrogen (secondary N) is 1. The molecule has 114 valence electrons. The summed E-state index contributed by atoms with van der Waals surface area (Å²) in [5.74, 6) is 0.505. The number of hydrogen-bond acceptors (Lipinski definition) is 4. The third-order valence-corrected chi connectivity index (χ3v) is 2.93. The normalized spacial score (nSPS) is 12.2. The molecule has 0 fully saturated rings. The molecule has 1 aromatic heterocycles. The molecule has 0 aliphatic carbocycles. The molecule has 0 saturated heterocycles. The van der Waals surface area contributed by atoms with E-state index in [4.69, 9.17) is 9.47 Å². The quantitative estimate of drug-likeness (QED) is 0.853. The number of halogens is 1. The van der Waals surface area contributed by atoms with E-state index >= 15 is 0 Å². The summed E-state index contributed by atoms with van der Waals surface area (Å²) in [7, 11) is 1.65. The number of ether oxygens (including phenoxy) is 2. The summed E-state index contributed by atoms with van der Waals surface area (Å²) in [4.78, 5) is 4.25. The third-order valence-electron chi connectivity index (χ3n) is 2.93. The zero-order valence-corrected chi connectivity index (χ0v) is 12.5. The molecule has 1 heterocycles. The fourth-order valence-corrected chi connectivity index (χ4v) is 2.04. The summed E-state index contributed by atoms with van der Waals surface area (Å²) in [5, 5.41) is 3.22. The number of anilines is 1. The second-order valence-corrected chi connectivity index (χ2v) is 4.67. The lowest BCUT2D eigenvalue weighted by molar-refractivity contribution is 0.190. The van der Waals surface area contributed by atoms with Crippen LogP contribution in [0.1, 0.15) is 13.8 Å². The molecule has 1 unspecified atom stereocenters. The predicted molar refractivity (Wildman–Crippen MR) is 79.7 cm³/mol. The third kappa shape index (κ3) is 3.72. The van der Waals surface area contributed by atoms with Crippen LogP contribution in [0.3, 0.4) is 0 Å². The summed E-state index contributed by atoms with van der Waals surface area (Å²) in [6.07, 6.45) is 3.44. The lowest BCUT2D eigenvalue weighted by Gasteiger charge is -2.15. The fraction of sp³-hybridized carbons (Fsp3) is 0.400. The first-order valence-electron chi connectivity index (χ1n) is 6.87. The monoisotopic (exact) mass is 293 g/mol. The Balaban J connectivity index is 2.22. The Morgan fingerprint density at radius 2 is 2.24 bits per heavy atom. The summed E-state index contributed by atoms with van der Waals surface area (Å²) in [5.41, 5.74) is 0.681. The molecule has 1 N–H and O–H groups in total. The van der Waals surface area contributed by atoms with Crippen molar-refractivity contribution in [2.75, 3.05) is 25.6 Å². The van der Waals surface area contributed by atoms with E-state index in [0.717, 1.165) is 0 Å². The lowest BCUT2D eigenvalue weighted by Crippen LogP contribution is -2.22. The van der Waals surface area contributed by atoms with Gasteiger partial charge in [0.25, 0.3) is 0 Å². The Kier molecular flexibility index (Phi) is 5.16. The molecule has 1 atom stereocenters. The van der Waals surface area contributed by atoms with Crippen LogP contribution in [0.5, 0.6) is 5.75 Å². The molecule has 0 bridgehead atoms. The van der Waals surface area contributed by atoms with Crippen molar-refractivity contribution in [1.29, 1.82) is 0 Å². The van der Waals surface area contributed by atoms with Crippen molar-refractivity contribution in [2.24, 2.45) is 0 Å². The van der Waals surface area contributed by atoms with Crippen molar-refractivity contribution in [3.63, 3.8) is 0 Å². The van der Waals surface area contributed by atoms with E-state index in [2.05, 4.69) is 10.3 Å². The van der Waals surface area contributed by atoms with Gasteiger partial charge in [-0.05, 0) is 26.0 Å². The fourth-order valence-electron chi connectivity index (χ4n) is 2.04. The molecule has 0 saturated carbocycles. The van der Waals surface area contributed by atoms with Crippen molar-refractivity contribution < 1.29 is 13.9 Å². The van der Waals surface area contributed by atoms with Gasteiger partial charge in [0.15, 0.2) is 11.6 Å². The first kappa shape index (κ1) is 15.3. The van der Waals surface area contributed by atoms with Gasteiger partial charge in [0.05, 0.1) is 18.9 Å². The van der Waals surface area contributed by atoms with Gasteiger partial charge >= 0.3 is 0 Å². The van der Waals surface area contributed by atoms with Gasteiger partial charge in [0.1, 0.15) is 0 Å². The van der Waals surface area contributed by atoms with Crippen molar-refractivity contribution in [2.45, 2.75) is 19.9 Å². The van der Waals surface area contributed by atoms with Crippen LogP contribution >= 0.6 is 0 Å². The minimum Gasteiger partial charge on any atom is -0.491 e. The summed E-state index contributed by atoms with van der Waals surface area (Å²) in [6.45, 7) is 4.80. The molecule has 0 aliphatic rings. The van der Waals surface area contributed by atoms with E-state index < -0.39 is 0 Å². The number of methoxy groups -OCH3 is 1. The van der Waals surface area contributed by atoms with Crippen LogP contribution in [0.25, 0.3) is 5.69 Å². The molecule has 0 radical (unpaired) electrons. The Hall–Kier alpha value is -2.08. The standard InChI is InChI=1S/C15H20FN3O2/c1-4-21-14-6-5-12(9-13(14)16)19-8-7-17-15(19)18-11(2)10-20-3/h5-9,11H,4,10H2,1-3H3,(H,17,18). The number of aromatic nitrogens is 2. The Bertz CT molecular complexity index is 586. The number of nitrogens with zero attached hydrogens (tertiary/aromatic N) is 2. The molecule has 6 heteroatoms. The van der Waals surface area contributed by atoms with Crippen LogP contribution in [0.15, 0.2) is 30.6 Å². The van der Waals surface area contributed by atoms with Crippen molar-refractivity contribution in [1.82, 2.24) is 9.55 Å². The molecule has 2 rings (SSSR count). The van der Waals surface area contributed by atoms with E-state index in [1.54, 1.807) is 36.2 Å². The molecule has 0 aliphatic heterocycles. The van der Waals surface area contributed by atoms with Gasteiger partial charge in [-0.1, -0.05) is 0 Å². The molecule has 21 heavy (non-hydrogen) atoms. The summed E-state index contributed by atoms with van der Waals surface area (Å²) in [6, 6.07) is 4.95. The highest BCUT2D eigenvalue weighted by molar-refractivity contribution is 5.45. The van der Waals surface area contributed by atoms with Crippen molar-refractivity contribution >= 4 is 5.95 Å². The molecular formula is C15H20FN3O2. The first-order chi connectivity index (χ1) is 10.2. The summed E-state index contributed by atoms with van der Waals surface area (Å²) < 4.78 is 26.0. The molecule has 5 nitrogen and oxygen atoms in total. The van der Waals surface area contributed by atoms with Crippen LogP contribution in [0.2, 0.25) is 0 Å². The highest BCUT2D eigenvalue weighted by atomic mass is 19.1. The number of rotatable bonds is 7. The van der Waals surface area contributed by atoms with Crippen molar-refractivity contribution in [3.8, 4) is 11.4 Å². The SMILES string of the molecule is CCOc1ccc(-n2ccnc2NC(C)COC)cc1F. The molecule has 2 aromatic rings. The van der Waals surface area contributed by atoms with E-state index in [9.17, 15) is 4.39 Å². The van der Waals surface area contributed by atoms with E-state index in [0.29, 0.717) is 24.8 Å². The number of imidazole rings is 1. The lowest BCUT2D eigenvalue weighted by atomic mass is 10.3. The first-order valence-corrected chi connectivity index (χ1v) is 6.87. The average Bonchev–Trinajstić information content (AvgIpc) is 2.89. The second-order valence-electron chi connectivity index (χ2n) is 4.67. The minimum absolute atomic E-state index is 0.101. The van der Waals surface area contributed by atoms with Gasteiger partial charge in [0.2, 0.25) is 5.95 Å². The van der Waals surface area contributed by atoms with Gasteiger partial charge < -0.3 is 14.8 Å². The van der Waals surface area contributed by atoms with Gasteiger partial charge in [-0.2, -0.15) is 0 Å². The maximum atomic E-state index is 13.9. The number of benzene rings is 1. The van der Waals surface area contributed by atoms with E-state index in [-0.39, 0.29) is 17.6 Å². The number of hydrogen-bond donors (Lipinski definition) is 1. The zero-order valence-electron chi connectivity index (χ0n) is 12.5. The Labute approximate surface area is 123 Å². The van der Waals surface area contributed by atoms with Gasteiger partial charge in [-0.15, -0.1) is 0 Å². The maximum absolute atomic E-state index is 13.9. The highest BCUT2D eigenvalue weighted by Gasteiger charge is 2.11.